The van der Waals surface area contributed by atoms with Crippen molar-refractivity contribution >= 4 is 11.9 Å². The van der Waals surface area contributed by atoms with Crippen molar-refractivity contribution in [2.24, 2.45) is 0 Å². The van der Waals surface area contributed by atoms with Gasteiger partial charge in [0.15, 0.2) is 0 Å². The van der Waals surface area contributed by atoms with Gasteiger partial charge >= 0.3 is 6.03 Å². The highest BCUT2D eigenvalue weighted by Crippen LogP contribution is 2.00. The lowest BCUT2D eigenvalue weighted by Gasteiger charge is -2.29. The summed E-state index contributed by atoms with van der Waals surface area (Å²) in [6.07, 6.45) is 0. The zero-order chi connectivity index (χ0) is 9.97. The number of urea groups is 1. The molecule has 2 aliphatic rings. The van der Waals surface area contributed by atoms with Crippen molar-refractivity contribution < 1.29 is 9.59 Å². The molecule has 2 saturated heterocycles. The number of rotatable bonds is 1. The van der Waals surface area contributed by atoms with Crippen LogP contribution in [0.3, 0.4) is 0 Å². The van der Waals surface area contributed by atoms with E-state index in [1.807, 2.05) is 0 Å². The van der Waals surface area contributed by atoms with Crippen LogP contribution in [0, 0.1) is 0 Å². The summed E-state index contributed by atoms with van der Waals surface area (Å²) in [5, 5.41) is 8.34. The van der Waals surface area contributed by atoms with Gasteiger partial charge in [-0.05, 0) is 0 Å². The van der Waals surface area contributed by atoms with Crippen LogP contribution in [0.2, 0.25) is 0 Å². The maximum Gasteiger partial charge on any atom is 0.315 e. The molecule has 3 amide bonds. The molecule has 14 heavy (non-hydrogen) atoms. The Kier molecular flexibility index (Phi) is 2.53. The van der Waals surface area contributed by atoms with Crippen molar-refractivity contribution in [3.8, 4) is 0 Å². The molecule has 0 radical (unpaired) electrons. The Hall–Kier alpha value is -1.30. The van der Waals surface area contributed by atoms with Gasteiger partial charge in [0.1, 0.15) is 6.04 Å². The second-order valence-corrected chi connectivity index (χ2v) is 3.48. The van der Waals surface area contributed by atoms with E-state index in [1.54, 1.807) is 4.90 Å². The van der Waals surface area contributed by atoms with E-state index < -0.39 is 0 Å². The van der Waals surface area contributed by atoms with Crippen molar-refractivity contribution in [1.29, 1.82) is 0 Å². The fourth-order valence-electron chi connectivity index (χ4n) is 1.71. The van der Waals surface area contributed by atoms with E-state index in [4.69, 9.17) is 0 Å². The molecule has 2 rings (SSSR count). The highest BCUT2D eigenvalue weighted by atomic mass is 16.2. The van der Waals surface area contributed by atoms with E-state index in [9.17, 15) is 9.59 Å². The van der Waals surface area contributed by atoms with Crippen LogP contribution in [-0.2, 0) is 4.79 Å². The standard InChI is InChI=1S/C8H14N4O2/c13-7(6-5-10-8(14)11-6)12-3-1-9-2-4-12/h6,9H,1-5H2,(H2,10,11,14). The Morgan fingerprint density at radius 2 is 2.07 bits per heavy atom. The third-order valence-electron chi connectivity index (χ3n) is 2.50. The van der Waals surface area contributed by atoms with E-state index in [2.05, 4.69) is 16.0 Å². The molecule has 0 aliphatic carbocycles. The summed E-state index contributed by atoms with van der Waals surface area (Å²) in [5.41, 5.74) is 0. The van der Waals surface area contributed by atoms with Gasteiger partial charge in [0.2, 0.25) is 5.91 Å². The maximum atomic E-state index is 11.8. The summed E-state index contributed by atoms with van der Waals surface area (Å²) in [6, 6.07) is -0.626. The molecule has 0 aromatic carbocycles. The monoisotopic (exact) mass is 198 g/mol. The second-order valence-electron chi connectivity index (χ2n) is 3.48. The van der Waals surface area contributed by atoms with Gasteiger partial charge in [0.25, 0.3) is 0 Å². The van der Waals surface area contributed by atoms with E-state index in [-0.39, 0.29) is 18.0 Å². The summed E-state index contributed by atoms with van der Waals surface area (Å²) >= 11 is 0. The molecular formula is C8H14N4O2. The Morgan fingerprint density at radius 1 is 1.36 bits per heavy atom. The van der Waals surface area contributed by atoms with Crippen molar-refractivity contribution in [3.63, 3.8) is 0 Å². The molecule has 6 heteroatoms. The number of hydrogen-bond acceptors (Lipinski definition) is 3. The van der Waals surface area contributed by atoms with Crippen LogP contribution in [0.15, 0.2) is 0 Å². The minimum atomic E-state index is -0.374. The van der Waals surface area contributed by atoms with Crippen LogP contribution in [-0.4, -0.2) is 55.6 Å². The topological polar surface area (TPSA) is 73.5 Å². The van der Waals surface area contributed by atoms with Crippen LogP contribution < -0.4 is 16.0 Å². The van der Waals surface area contributed by atoms with Crippen molar-refractivity contribution in [1.82, 2.24) is 20.9 Å². The third kappa shape index (κ3) is 1.79. The molecule has 1 unspecified atom stereocenters. The van der Waals surface area contributed by atoms with Crippen LogP contribution in [0.25, 0.3) is 0 Å². The summed E-state index contributed by atoms with van der Waals surface area (Å²) < 4.78 is 0. The zero-order valence-corrected chi connectivity index (χ0v) is 7.88. The SMILES string of the molecule is O=C1NCC(C(=O)N2CCNCC2)N1. The van der Waals surface area contributed by atoms with Gasteiger partial charge in [-0.2, -0.15) is 0 Å². The Balaban J connectivity index is 1.90. The van der Waals surface area contributed by atoms with E-state index >= 15 is 0 Å². The highest BCUT2D eigenvalue weighted by Gasteiger charge is 2.30. The molecule has 0 aromatic rings. The van der Waals surface area contributed by atoms with Gasteiger partial charge in [-0.1, -0.05) is 0 Å². The predicted molar refractivity (Wildman–Crippen MR) is 49.8 cm³/mol. The molecule has 0 aromatic heterocycles. The molecule has 2 heterocycles. The number of hydrogen-bond donors (Lipinski definition) is 3. The molecule has 78 valence electrons. The number of amides is 3. The number of carbonyl (C=O) groups excluding carboxylic acids is 2. The lowest BCUT2D eigenvalue weighted by Crippen LogP contribution is -2.52. The van der Waals surface area contributed by atoms with Gasteiger partial charge in [0, 0.05) is 32.7 Å². The minimum absolute atomic E-state index is 0.0184. The lowest BCUT2D eigenvalue weighted by atomic mass is 10.2. The molecule has 6 nitrogen and oxygen atoms in total. The Bertz CT molecular complexity index is 250. The van der Waals surface area contributed by atoms with Crippen LogP contribution >= 0.6 is 0 Å². The molecule has 1 atom stereocenters. The number of nitrogens with zero attached hydrogens (tertiary/aromatic N) is 1. The van der Waals surface area contributed by atoms with Crippen LogP contribution in [0.5, 0.6) is 0 Å². The fraction of sp³-hybridized carbons (Fsp3) is 0.750. The van der Waals surface area contributed by atoms with Crippen molar-refractivity contribution in [2.45, 2.75) is 6.04 Å². The minimum Gasteiger partial charge on any atom is -0.338 e. The fourth-order valence-corrected chi connectivity index (χ4v) is 1.71. The first kappa shape index (κ1) is 9.26. The van der Waals surface area contributed by atoms with Crippen molar-refractivity contribution in [3.05, 3.63) is 0 Å². The quantitative estimate of drug-likeness (QED) is 0.461. The van der Waals surface area contributed by atoms with Gasteiger partial charge in [-0.3, -0.25) is 4.79 Å². The molecular weight excluding hydrogens is 184 g/mol. The van der Waals surface area contributed by atoms with Crippen LogP contribution in [0.1, 0.15) is 0 Å². The average molecular weight is 198 g/mol. The zero-order valence-electron chi connectivity index (χ0n) is 7.88. The third-order valence-corrected chi connectivity index (χ3v) is 2.50. The van der Waals surface area contributed by atoms with E-state index in [0.29, 0.717) is 6.54 Å². The van der Waals surface area contributed by atoms with Crippen LogP contribution in [0.4, 0.5) is 4.79 Å². The predicted octanol–water partition coefficient (Wildman–Crippen LogP) is -1.90. The van der Waals surface area contributed by atoms with Crippen molar-refractivity contribution in [2.75, 3.05) is 32.7 Å². The first-order valence-electron chi connectivity index (χ1n) is 4.81. The number of piperazine rings is 1. The molecule has 3 N–H and O–H groups in total. The van der Waals surface area contributed by atoms with Gasteiger partial charge in [-0.15, -0.1) is 0 Å². The maximum absolute atomic E-state index is 11.8. The summed E-state index contributed by atoms with van der Waals surface area (Å²) in [6.45, 7) is 3.53. The molecule has 0 bridgehead atoms. The van der Waals surface area contributed by atoms with E-state index in [0.717, 1.165) is 26.2 Å². The highest BCUT2D eigenvalue weighted by molar-refractivity contribution is 5.90. The van der Waals surface area contributed by atoms with Gasteiger partial charge < -0.3 is 20.9 Å². The first-order chi connectivity index (χ1) is 6.77. The van der Waals surface area contributed by atoms with Gasteiger partial charge in [-0.25, -0.2) is 4.79 Å². The lowest BCUT2D eigenvalue weighted by molar-refractivity contribution is -0.133. The smallest absolute Gasteiger partial charge is 0.315 e. The molecule has 0 spiro atoms. The molecule has 2 aliphatic heterocycles. The first-order valence-corrected chi connectivity index (χ1v) is 4.81. The number of carbonyl (C=O) groups is 2. The largest absolute Gasteiger partial charge is 0.338 e. The number of nitrogens with one attached hydrogen (secondary N) is 3. The Morgan fingerprint density at radius 3 is 2.64 bits per heavy atom. The summed E-state index contributed by atoms with van der Waals surface area (Å²) in [7, 11) is 0. The normalized spacial score (nSPS) is 27.0. The molecule has 0 saturated carbocycles. The Labute approximate surface area is 82.0 Å². The van der Waals surface area contributed by atoms with Gasteiger partial charge in [0.05, 0.1) is 0 Å². The summed E-state index contributed by atoms with van der Waals surface area (Å²) in [5.74, 6) is 0.0184. The van der Waals surface area contributed by atoms with E-state index in [1.165, 1.54) is 0 Å². The average Bonchev–Trinajstić information content (AvgIpc) is 2.65. The molecule has 2 fully saturated rings. The summed E-state index contributed by atoms with van der Waals surface area (Å²) in [4.78, 5) is 24.4. The second kappa shape index (κ2) is 3.83.